The predicted molar refractivity (Wildman–Crippen MR) is 55.4 cm³/mol. The van der Waals surface area contributed by atoms with Crippen LogP contribution in [0.25, 0.3) is 0 Å². The Bertz CT molecular complexity index is 616. The van der Waals surface area contributed by atoms with Crippen molar-refractivity contribution < 1.29 is 35.7 Å². The van der Waals surface area contributed by atoms with Crippen LogP contribution in [0.4, 0.5) is 23.2 Å². The first-order chi connectivity index (χ1) is 9.03. The molecule has 0 radical (unpaired) electrons. The number of rotatable bonds is 5. The van der Waals surface area contributed by atoms with Gasteiger partial charge in [0.05, 0.1) is 4.92 Å². The summed E-state index contributed by atoms with van der Waals surface area (Å²) in [6.07, 6.45) is -4.80. The highest BCUT2D eigenvalue weighted by Gasteiger charge is 2.30. The fourth-order valence-corrected chi connectivity index (χ4v) is 1.95. The van der Waals surface area contributed by atoms with Gasteiger partial charge in [0.2, 0.25) is 0 Å². The Morgan fingerprint density at radius 1 is 1.35 bits per heavy atom. The van der Waals surface area contributed by atoms with E-state index in [0.29, 0.717) is 18.2 Å². The maximum absolute atomic E-state index is 13.3. The summed E-state index contributed by atoms with van der Waals surface area (Å²) in [4.78, 5) is 12.9. The zero-order valence-electron chi connectivity index (χ0n) is 9.35. The monoisotopic (exact) mass is 318 g/mol. The van der Waals surface area contributed by atoms with Crippen molar-refractivity contribution in [3.05, 3.63) is 34.1 Å². The van der Waals surface area contributed by atoms with Crippen molar-refractivity contribution in [2.75, 3.05) is 6.61 Å². The van der Waals surface area contributed by atoms with Crippen molar-refractivity contribution in [2.24, 2.45) is 0 Å². The Balaban J connectivity index is 2.97. The van der Waals surface area contributed by atoms with Gasteiger partial charge in [-0.05, 0) is 6.07 Å². The van der Waals surface area contributed by atoms with Crippen LogP contribution in [-0.2, 0) is 14.9 Å². The van der Waals surface area contributed by atoms with Crippen molar-refractivity contribution in [3.8, 4) is 0 Å². The average molecular weight is 318 g/mol. The lowest BCUT2D eigenvalue weighted by Crippen LogP contribution is -2.30. The average Bonchev–Trinajstić information content (AvgIpc) is 2.26. The Hall–Kier alpha value is -1.79. The SMILES string of the molecule is O=[N+]([O-])c1ccc(F)c(S(=O)(=O)NOCC(F)(F)F)c1. The summed E-state index contributed by atoms with van der Waals surface area (Å²) in [5, 5.41) is 10.4. The molecule has 112 valence electrons. The molecule has 0 atom stereocenters. The molecule has 0 bridgehead atoms. The van der Waals surface area contributed by atoms with Gasteiger partial charge in [-0.25, -0.2) is 12.8 Å². The van der Waals surface area contributed by atoms with Gasteiger partial charge in [-0.15, -0.1) is 0 Å². The Labute approximate surface area is 109 Å². The third-order valence-electron chi connectivity index (χ3n) is 1.82. The van der Waals surface area contributed by atoms with Gasteiger partial charge in [-0.1, -0.05) is 4.89 Å². The van der Waals surface area contributed by atoms with Crippen LogP contribution >= 0.6 is 0 Å². The van der Waals surface area contributed by atoms with Gasteiger partial charge in [-0.3, -0.25) is 15.0 Å². The highest BCUT2D eigenvalue weighted by molar-refractivity contribution is 7.89. The van der Waals surface area contributed by atoms with E-state index in [1.54, 1.807) is 0 Å². The summed E-state index contributed by atoms with van der Waals surface area (Å²) >= 11 is 0. The number of benzene rings is 1. The number of sulfonamides is 1. The van der Waals surface area contributed by atoms with Crippen molar-refractivity contribution >= 4 is 15.7 Å². The zero-order chi connectivity index (χ0) is 15.6. The van der Waals surface area contributed by atoms with E-state index in [4.69, 9.17) is 0 Å². The van der Waals surface area contributed by atoms with Crippen molar-refractivity contribution in [2.45, 2.75) is 11.1 Å². The highest BCUT2D eigenvalue weighted by atomic mass is 32.2. The molecule has 0 saturated heterocycles. The van der Waals surface area contributed by atoms with Crippen LogP contribution in [0.2, 0.25) is 0 Å². The molecular formula is C8H6F4N2O5S. The first-order valence-corrected chi connectivity index (χ1v) is 6.15. The topological polar surface area (TPSA) is 98.5 Å². The molecule has 0 spiro atoms. The number of nitro groups is 1. The molecule has 1 aromatic carbocycles. The third-order valence-corrected chi connectivity index (χ3v) is 3.05. The molecule has 1 rings (SSSR count). The molecule has 0 unspecified atom stereocenters. The number of nitrogens with zero attached hydrogens (tertiary/aromatic N) is 1. The molecule has 1 aromatic rings. The van der Waals surface area contributed by atoms with E-state index in [9.17, 15) is 36.1 Å². The van der Waals surface area contributed by atoms with E-state index in [1.807, 2.05) is 0 Å². The number of hydrogen-bond donors (Lipinski definition) is 1. The summed E-state index contributed by atoms with van der Waals surface area (Å²) in [6.45, 7) is -1.94. The largest absolute Gasteiger partial charge is 0.413 e. The van der Waals surface area contributed by atoms with Crippen molar-refractivity contribution in [3.63, 3.8) is 0 Å². The quantitative estimate of drug-likeness (QED) is 0.504. The van der Waals surface area contributed by atoms with Gasteiger partial charge in [0.15, 0.2) is 6.61 Å². The number of hydrogen-bond acceptors (Lipinski definition) is 5. The minimum atomic E-state index is -4.82. The molecule has 0 saturated carbocycles. The van der Waals surface area contributed by atoms with Gasteiger partial charge >= 0.3 is 6.18 Å². The first-order valence-electron chi connectivity index (χ1n) is 4.67. The number of nitro benzene ring substituents is 1. The number of non-ortho nitro benzene ring substituents is 1. The minimum absolute atomic E-state index is 0.356. The van der Waals surface area contributed by atoms with E-state index in [1.165, 1.54) is 0 Å². The van der Waals surface area contributed by atoms with E-state index < -0.39 is 44.1 Å². The van der Waals surface area contributed by atoms with Gasteiger partial charge in [0.1, 0.15) is 10.7 Å². The molecule has 0 aliphatic heterocycles. The second-order valence-electron chi connectivity index (χ2n) is 3.36. The predicted octanol–water partition coefficient (Wildman–Crippen LogP) is 1.51. The lowest BCUT2D eigenvalue weighted by atomic mass is 10.3. The zero-order valence-corrected chi connectivity index (χ0v) is 10.2. The van der Waals surface area contributed by atoms with Crippen LogP contribution in [0.5, 0.6) is 0 Å². The Morgan fingerprint density at radius 3 is 2.45 bits per heavy atom. The molecule has 0 aromatic heterocycles. The molecular weight excluding hydrogens is 312 g/mol. The molecule has 0 amide bonds. The Kier molecular flexibility index (Phi) is 4.62. The van der Waals surface area contributed by atoms with Gasteiger partial charge < -0.3 is 0 Å². The molecule has 0 heterocycles. The van der Waals surface area contributed by atoms with Crippen molar-refractivity contribution in [1.29, 1.82) is 0 Å². The molecule has 7 nitrogen and oxygen atoms in total. The summed E-state index contributed by atoms with van der Waals surface area (Å²) in [7, 11) is -4.82. The van der Waals surface area contributed by atoms with Crippen LogP contribution in [0.15, 0.2) is 23.1 Å². The van der Waals surface area contributed by atoms with Gasteiger partial charge in [0, 0.05) is 12.1 Å². The lowest BCUT2D eigenvalue weighted by molar-refractivity contribution is -0.385. The lowest BCUT2D eigenvalue weighted by Gasteiger charge is -2.09. The third kappa shape index (κ3) is 4.40. The second kappa shape index (κ2) is 5.68. The Morgan fingerprint density at radius 2 is 1.95 bits per heavy atom. The molecule has 20 heavy (non-hydrogen) atoms. The molecule has 0 aliphatic carbocycles. The summed E-state index contributed by atoms with van der Waals surface area (Å²) in [5.41, 5.74) is -0.748. The van der Waals surface area contributed by atoms with E-state index in [0.717, 1.165) is 4.89 Å². The first kappa shape index (κ1) is 16.3. The van der Waals surface area contributed by atoms with E-state index in [2.05, 4.69) is 4.84 Å². The fourth-order valence-electron chi connectivity index (χ4n) is 1.05. The van der Waals surface area contributed by atoms with Gasteiger partial charge in [0.25, 0.3) is 15.7 Å². The maximum Gasteiger partial charge on any atom is 0.413 e. The summed E-state index contributed by atoms with van der Waals surface area (Å²) in [6, 6.07) is 1.55. The second-order valence-corrected chi connectivity index (χ2v) is 4.98. The van der Waals surface area contributed by atoms with Gasteiger partial charge in [-0.2, -0.15) is 13.2 Å². The van der Waals surface area contributed by atoms with E-state index in [-0.39, 0.29) is 0 Å². The number of nitrogens with one attached hydrogen (secondary N) is 1. The van der Waals surface area contributed by atoms with Crippen molar-refractivity contribution in [1.82, 2.24) is 4.89 Å². The smallest absolute Gasteiger partial charge is 0.277 e. The number of alkyl halides is 3. The van der Waals surface area contributed by atoms with Crippen LogP contribution in [0, 0.1) is 15.9 Å². The summed E-state index contributed by atoms with van der Waals surface area (Å²) < 4.78 is 71.4. The maximum atomic E-state index is 13.3. The van der Waals surface area contributed by atoms with Crippen LogP contribution in [0.1, 0.15) is 0 Å². The van der Waals surface area contributed by atoms with Crippen LogP contribution < -0.4 is 4.89 Å². The normalized spacial score (nSPS) is 12.4. The highest BCUT2D eigenvalue weighted by Crippen LogP contribution is 2.21. The van der Waals surface area contributed by atoms with Crippen LogP contribution in [0.3, 0.4) is 0 Å². The van der Waals surface area contributed by atoms with Crippen LogP contribution in [-0.4, -0.2) is 26.1 Å². The minimum Gasteiger partial charge on any atom is -0.277 e. The molecule has 0 fully saturated rings. The number of halogens is 4. The summed E-state index contributed by atoms with van der Waals surface area (Å²) in [5.74, 6) is -1.38. The molecule has 1 N–H and O–H groups in total. The fraction of sp³-hybridized carbons (Fsp3) is 0.250. The molecule has 0 aliphatic rings. The van der Waals surface area contributed by atoms with E-state index >= 15 is 0 Å². The molecule has 12 heteroatoms. The standard InChI is InChI=1S/C8H6F4N2O5S/c9-6-2-1-5(14(15)16)3-7(6)20(17,18)13-19-4-8(10,11)12/h1-3,13H,4H2.